The van der Waals surface area contributed by atoms with Crippen LogP contribution in [-0.2, 0) is 0 Å². The number of hydrogen-bond donors (Lipinski definition) is 0. The Hall–Kier alpha value is -2.22. The Labute approximate surface area is 165 Å². The molecule has 0 aromatic heterocycles. The SMILES string of the molecule is Cc1cc(C(C)C)c(N2C=CN(c3ccccc3C(C)C)C2)c(C(C)C)c1. The molecule has 0 unspecified atom stereocenters. The van der Waals surface area contributed by atoms with E-state index in [0.29, 0.717) is 17.8 Å². The lowest BCUT2D eigenvalue weighted by atomic mass is 9.90. The summed E-state index contributed by atoms with van der Waals surface area (Å²) in [7, 11) is 0. The molecule has 0 bridgehead atoms. The van der Waals surface area contributed by atoms with Crippen LogP contribution in [0.3, 0.4) is 0 Å². The number of anilines is 2. The van der Waals surface area contributed by atoms with E-state index >= 15 is 0 Å². The van der Waals surface area contributed by atoms with Crippen molar-refractivity contribution in [2.45, 2.75) is 66.2 Å². The van der Waals surface area contributed by atoms with Gasteiger partial charge in [-0.3, -0.25) is 0 Å². The maximum absolute atomic E-state index is 2.43. The van der Waals surface area contributed by atoms with Crippen LogP contribution in [0.5, 0.6) is 0 Å². The molecule has 2 nitrogen and oxygen atoms in total. The van der Waals surface area contributed by atoms with Crippen molar-refractivity contribution < 1.29 is 0 Å². The van der Waals surface area contributed by atoms with Gasteiger partial charge < -0.3 is 9.80 Å². The fraction of sp³-hybridized carbons (Fsp3) is 0.440. The van der Waals surface area contributed by atoms with Crippen LogP contribution in [-0.4, -0.2) is 6.67 Å². The van der Waals surface area contributed by atoms with Crippen molar-refractivity contribution in [2.24, 2.45) is 0 Å². The largest absolute Gasteiger partial charge is 0.328 e. The van der Waals surface area contributed by atoms with Crippen molar-refractivity contribution in [3.05, 3.63) is 71.1 Å². The molecule has 0 N–H and O–H groups in total. The van der Waals surface area contributed by atoms with Crippen molar-refractivity contribution in [1.82, 2.24) is 0 Å². The third kappa shape index (κ3) is 3.90. The van der Waals surface area contributed by atoms with E-state index in [1.807, 2.05) is 0 Å². The van der Waals surface area contributed by atoms with Gasteiger partial charge in [0.25, 0.3) is 0 Å². The van der Waals surface area contributed by atoms with Crippen LogP contribution in [0.25, 0.3) is 0 Å². The Bertz CT molecular complexity index is 801. The average molecular weight is 363 g/mol. The Balaban J connectivity index is 2.00. The Kier molecular flexibility index (Phi) is 5.64. The molecule has 0 fully saturated rings. The predicted octanol–water partition coefficient (Wildman–Crippen LogP) is 7.12. The van der Waals surface area contributed by atoms with Gasteiger partial charge in [0.1, 0.15) is 0 Å². The van der Waals surface area contributed by atoms with Crippen LogP contribution < -0.4 is 9.80 Å². The fourth-order valence-electron chi connectivity index (χ4n) is 4.01. The van der Waals surface area contributed by atoms with E-state index in [2.05, 4.69) is 107 Å². The highest BCUT2D eigenvalue weighted by atomic mass is 15.3. The molecular formula is C25H34N2. The zero-order valence-electron chi connectivity index (χ0n) is 18.0. The van der Waals surface area contributed by atoms with Crippen molar-refractivity contribution in [1.29, 1.82) is 0 Å². The summed E-state index contributed by atoms with van der Waals surface area (Å²) in [6.45, 7) is 16.8. The van der Waals surface area contributed by atoms with Crippen LogP contribution >= 0.6 is 0 Å². The van der Waals surface area contributed by atoms with Gasteiger partial charge in [0.05, 0.1) is 6.67 Å². The first-order valence-electron chi connectivity index (χ1n) is 10.2. The average Bonchev–Trinajstić information content (AvgIpc) is 3.10. The van der Waals surface area contributed by atoms with Crippen LogP contribution in [0, 0.1) is 6.92 Å². The summed E-state index contributed by atoms with van der Waals surface area (Å²) in [5.74, 6) is 1.52. The number of benzene rings is 2. The van der Waals surface area contributed by atoms with Crippen molar-refractivity contribution >= 4 is 11.4 Å². The minimum atomic E-state index is 0.503. The second-order valence-electron chi connectivity index (χ2n) is 8.69. The molecule has 2 aromatic carbocycles. The monoisotopic (exact) mass is 362 g/mol. The Morgan fingerprint density at radius 2 is 1.22 bits per heavy atom. The molecular weight excluding hydrogens is 328 g/mol. The van der Waals surface area contributed by atoms with Crippen LogP contribution in [0.15, 0.2) is 48.8 Å². The molecule has 1 aliphatic heterocycles. The van der Waals surface area contributed by atoms with E-state index in [1.54, 1.807) is 0 Å². The molecule has 2 heteroatoms. The summed E-state index contributed by atoms with van der Waals surface area (Å²) in [6, 6.07) is 13.5. The molecule has 0 spiro atoms. The van der Waals surface area contributed by atoms with Gasteiger partial charge in [-0.2, -0.15) is 0 Å². The predicted molar refractivity (Wildman–Crippen MR) is 119 cm³/mol. The van der Waals surface area contributed by atoms with Gasteiger partial charge in [-0.25, -0.2) is 0 Å². The molecule has 0 amide bonds. The first-order chi connectivity index (χ1) is 12.8. The first kappa shape index (κ1) is 19.5. The Morgan fingerprint density at radius 1 is 0.704 bits per heavy atom. The number of nitrogens with zero attached hydrogens (tertiary/aromatic N) is 2. The third-order valence-corrected chi connectivity index (χ3v) is 5.44. The molecule has 0 aliphatic carbocycles. The van der Waals surface area contributed by atoms with Gasteiger partial charge in [0, 0.05) is 23.8 Å². The molecule has 0 radical (unpaired) electrons. The number of rotatable bonds is 5. The van der Waals surface area contributed by atoms with E-state index in [4.69, 9.17) is 0 Å². The quantitative estimate of drug-likeness (QED) is 0.558. The molecule has 0 saturated carbocycles. The van der Waals surface area contributed by atoms with Gasteiger partial charge in [-0.1, -0.05) is 77.4 Å². The Morgan fingerprint density at radius 3 is 1.78 bits per heavy atom. The zero-order valence-corrected chi connectivity index (χ0v) is 18.0. The van der Waals surface area contributed by atoms with Gasteiger partial charge in [0.2, 0.25) is 0 Å². The van der Waals surface area contributed by atoms with Crippen molar-refractivity contribution in [2.75, 3.05) is 16.5 Å². The van der Waals surface area contributed by atoms with Gasteiger partial charge >= 0.3 is 0 Å². The lowest BCUT2D eigenvalue weighted by molar-refractivity contribution is 0.811. The summed E-state index contributed by atoms with van der Waals surface area (Å²) in [5.41, 5.74) is 8.36. The highest BCUT2D eigenvalue weighted by Crippen LogP contribution is 2.39. The topological polar surface area (TPSA) is 6.48 Å². The molecule has 0 atom stereocenters. The number of para-hydroxylation sites is 1. The minimum absolute atomic E-state index is 0.503. The van der Waals surface area contributed by atoms with Crippen LogP contribution in [0.1, 0.15) is 81.5 Å². The maximum Gasteiger partial charge on any atom is 0.0989 e. The molecule has 2 aromatic rings. The number of hydrogen-bond acceptors (Lipinski definition) is 2. The second kappa shape index (κ2) is 7.80. The summed E-state index contributed by atoms with van der Waals surface area (Å²) in [4.78, 5) is 4.81. The van der Waals surface area contributed by atoms with E-state index in [1.165, 1.54) is 33.6 Å². The van der Waals surface area contributed by atoms with Crippen molar-refractivity contribution in [3.8, 4) is 0 Å². The summed E-state index contributed by atoms with van der Waals surface area (Å²) >= 11 is 0. The fourth-order valence-corrected chi connectivity index (χ4v) is 4.01. The summed E-state index contributed by atoms with van der Waals surface area (Å²) in [5, 5.41) is 0. The molecule has 27 heavy (non-hydrogen) atoms. The zero-order chi connectivity index (χ0) is 19.7. The van der Waals surface area contributed by atoms with Gasteiger partial charge in [0.15, 0.2) is 0 Å². The van der Waals surface area contributed by atoms with Crippen LogP contribution in [0.4, 0.5) is 11.4 Å². The summed E-state index contributed by atoms with van der Waals surface area (Å²) < 4.78 is 0. The van der Waals surface area contributed by atoms with Crippen LogP contribution in [0.2, 0.25) is 0 Å². The minimum Gasteiger partial charge on any atom is -0.328 e. The smallest absolute Gasteiger partial charge is 0.0989 e. The summed E-state index contributed by atoms with van der Waals surface area (Å²) in [6.07, 6.45) is 4.48. The molecule has 144 valence electrons. The molecule has 1 heterocycles. The lowest BCUT2D eigenvalue weighted by Crippen LogP contribution is -2.27. The maximum atomic E-state index is 2.43. The van der Waals surface area contributed by atoms with Gasteiger partial charge in [-0.15, -0.1) is 0 Å². The first-order valence-corrected chi connectivity index (χ1v) is 10.2. The standard InChI is InChI=1S/C25H34N2/c1-17(2)21-10-8-9-11-24(21)26-12-13-27(16-26)25-22(18(3)4)14-20(7)15-23(25)19(5)6/h8-15,17-19H,16H2,1-7H3. The van der Waals surface area contributed by atoms with Gasteiger partial charge in [-0.05, 0) is 47.4 Å². The molecule has 0 saturated heterocycles. The van der Waals surface area contributed by atoms with E-state index in [9.17, 15) is 0 Å². The lowest BCUT2D eigenvalue weighted by Gasteiger charge is -2.30. The third-order valence-electron chi connectivity index (χ3n) is 5.44. The van der Waals surface area contributed by atoms with E-state index in [-0.39, 0.29) is 0 Å². The van der Waals surface area contributed by atoms with Crippen molar-refractivity contribution in [3.63, 3.8) is 0 Å². The highest BCUT2D eigenvalue weighted by Gasteiger charge is 2.24. The molecule has 3 rings (SSSR count). The number of aryl methyl sites for hydroxylation is 1. The second-order valence-corrected chi connectivity index (χ2v) is 8.69. The van der Waals surface area contributed by atoms with E-state index < -0.39 is 0 Å². The van der Waals surface area contributed by atoms with E-state index in [0.717, 1.165) is 6.67 Å². The highest BCUT2D eigenvalue weighted by molar-refractivity contribution is 5.69. The normalized spacial score (nSPS) is 14.3. The molecule has 1 aliphatic rings.